The molecule has 0 saturated carbocycles. The van der Waals surface area contributed by atoms with E-state index >= 15 is 0 Å². The summed E-state index contributed by atoms with van der Waals surface area (Å²) >= 11 is 12.1. The van der Waals surface area contributed by atoms with Crippen LogP contribution in [0.3, 0.4) is 0 Å². The summed E-state index contributed by atoms with van der Waals surface area (Å²) in [6.45, 7) is 2.36. The molecular weight excluding hydrogens is 221 g/mol. The molecule has 0 spiro atoms. The van der Waals surface area contributed by atoms with Gasteiger partial charge in [0.2, 0.25) is 0 Å². The third-order valence-corrected chi connectivity index (χ3v) is 2.91. The molecule has 1 aromatic carbocycles. The van der Waals surface area contributed by atoms with Crippen molar-refractivity contribution in [1.29, 1.82) is 0 Å². The van der Waals surface area contributed by atoms with Gasteiger partial charge in [-0.3, -0.25) is 0 Å². The highest BCUT2D eigenvalue weighted by atomic mass is 35.5. The van der Waals surface area contributed by atoms with E-state index in [0.29, 0.717) is 16.7 Å². The number of nitrogens with one attached hydrogen (secondary N) is 1. The molecule has 0 bridgehead atoms. The molecule has 0 aliphatic carbocycles. The number of ether oxygens (including phenoxy) is 1. The van der Waals surface area contributed by atoms with Crippen LogP contribution in [0.15, 0.2) is 18.2 Å². The van der Waals surface area contributed by atoms with Crippen LogP contribution in [0.4, 0.5) is 0 Å². The van der Waals surface area contributed by atoms with Crippen LogP contribution in [0.2, 0.25) is 10.0 Å². The second-order valence-electron chi connectivity index (χ2n) is 3.20. The van der Waals surface area contributed by atoms with E-state index in [-0.39, 0.29) is 6.10 Å². The van der Waals surface area contributed by atoms with Crippen molar-refractivity contribution in [2.45, 2.75) is 6.10 Å². The standard InChI is InChI=1S/C10H11Cl2NO/c11-7-2-1-3-8(12)10(7)9-6-13-4-5-14-9/h1-3,9,13H,4-6H2. The Morgan fingerprint density at radius 1 is 1.29 bits per heavy atom. The van der Waals surface area contributed by atoms with Crippen LogP contribution in [0.25, 0.3) is 0 Å². The quantitative estimate of drug-likeness (QED) is 0.803. The van der Waals surface area contributed by atoms with Gasteiger partial charge in [-0.15, -0.1) is 0 Å². The van der Waals surface area contributed by atoms with Crippen molar-refractivity contribution >= 4 is 23.2 Å². The summed E-state index contributed by atoms with van der Waals surface area (Å²) in [4.78, 5) is 0. The summed E-state index contributed by atoms with van der Waals surface area (Å²) in [6, 6.07) is 5.51. The van der Waals surface area contributed by atoms with Gasteiger partial charge in [-0.2, -0.15) is 0 Å². The van der Waals surface area contributed by atoms with Gasteiger partial charge in [0.15, 0.2) is 0 Å². The van der Waals surface area contributed by atoms with Crippen molar-refractivity contribution in [3.63, 3.8) is 0 Å². The maximum atomic E-state index is 6.07. The third-order valence-electron chi connectivity index (χ3n) is 2.25. The molecule has 1 unspecified atom stereocenters. The Kier molecular flexibility index (Phi) is 3.29. The van der Waals surface area contributed by atoms with E-state index in [1.165, 1.54) is 0 Å². The van der Waals surface area contributed by atoms with E-state index in [2.05, 4.69) is 5.32 Å². The van der Waals surface area contributed by atoms with Crippen molar-refractivity contribution in [3.8, 4) is 0 Å². The fraction of sp³-hybridized carbons (Fsp3) is 0.400. The average molecular weight is 232 g/mol. The van der Waals surface area contributed by atoms with Gasteiger partial charge in [-0.25, -0.2) is 0 Å². The number of morpholine rings is 1. The third kappa shape index (κ3) is 2.04. The van der Waals surface area contributed by atoms with Crippen molar-refractivity contribution in [3.05, 3.63) is 33.8 Å². The van der Waals surface area contributed by atoms with Gasteiger partial charge in [0.05, 0.1) is 12.7 Å². The highest BCUT2D eigenvalue weighted by molar-refractivity contribution is 6.36. The second kappa shape index (κ2) is 4.49. The summed E-state index contributed by atoms with van der Waals surface area (Å²) < 4.78 is 5.59. The smallest absolute Gasteiger partial charge is 0.0978 e. The Morgan fingerprint density at radius 2 is 2.00 bits per heavy atom. The molecule has 1 atom stereocenters. The number of rotatable bonds is 1. The molecule has 2 rings (SSSR count). The second-order valence-corrected chi connectivity index (χ2v) is 4.01. The lowest BCUT2D eigenvalue weighted by Gasteiger charge is -2.25. The first-order valence-electron chi connectivity index (χ1n) is 4.55. The van der Waals surface area contributed by atoms with Crippen LogP contribution >= 0.6 is 23.2 Å². The van der Waals surface area contributed by atoms with Gasteiger partial charge in [0.25, 0.3) is 0 Å². The van der Waals surface area contributed by atoms with E-state index in [1.54, 1.807) is 0 Å². The number of hydrogen-bond donors (Lipinski definition) is 1. The Bertz CT molecular complexity index is 304. The van der Waals surface area contributed by atoms with E-state index in [9.17, 15) is 0 Å². The number of benzene rings is 1. The maximum Gasteiger partial charge on any atom is 0.0978 e. The lowest BCUT2D eigenvalue weighted by atomic mass is 10.1. The van der Waals surface area contributed by atoms with E-state index in [0.717, 1.165) is 18.7 Å². The minimum absolute atomic E-state index is 0.0232. The fourth-order valence-corrected chi connectivity index (χ4v) is 2.21. The van der Waals surface area contributed by atoms with Crippen LogP contribution in [-0.2, 0) is 4.74 Å². The molecule has 1 aliphatic heterocycles. The summed E-state index contributed by atoms with van der Waals surface area (Å²) in [5.74, 6) is 0. The molecule has 76 valence electrons. The fourth-order valence-electron chi connectivity index (χ4n) is 1.57. The summed E-state index contributed by atoms with van der Waals surface area (Å²) in [5.41, 5.74) is 0.892. The van der Waals surface area contributed by atoms with Crippen molar-refractivity contribution in [1.82, 2.24) is 5.32 Å². The molecule has 1 aliphatic rings. The van der Waals surface area contributed by atoms with E-state index in [4.69, 9.17) is 27.9 Å². The van der Waals surface area contributed by atoms with Gasteiger partial charge in [-0.05, 0) is 12.1 Å². The van der Waals surface area contributed by atoms with Crippen LogP contribution in [0.5, 0.6) is 0 Å². The van der Waals surface area contributed by atoms with E-state index < -0.39 is 0 Å². The van der Waals surface area contributed by atoms with Crippen LogP contribution < -0.4 is 5.32 Å². The zero-order valence-corrected chi connectivity index (χ0v) is 9.11. The summed E-state index contributed by atoms with van der Waals surface area (Å²) in [6.07, 6.45) is -0.0232. The summed E-state index contributed by atoms with van der Waals surface area (Å²) in [5, 5.41) is 4.59. The molecule has 2 nitrogen and oxygen atoms in total. The predicted molar refractivity (Wildman–Crippen MR) is 58.0 cm³/mol. The van der Waals surface area contributed by atoms with Crippen LogP contribution in [0.1, 0.15) is 11.7 Å². The molecule has 1 N–H and O–H groups in total. The highest BCUT2D eigenvalue weighted by Gasteiger charge is 2.20. The minimum Gasteiger partial charge on any atom is -0.371 e. The normalized spacial score (nSPS) is 22.3. The molecule has 1 heterocycles. The van der Waals surface area contributed by atoms with Gasteiger partial charge >= 0.3 is 0 Å². The molecule has 14 heavy (non-hydrogen) atoms. The van der Waals surface area contributed by atoms with E-state index in [1.807, 2.05) is 18.2 Å². The van der Waals surface area contributed by atoms with Crippen molar-refractivity contribution in [2.24, 2.45) is 0 Å². The molecule has 1 aromatic rings. The molecular formula is C10H11Cl2NO. The first-order chi connectivity index (χ1) is 6.79. The lowest BCUT2D eigenvalue weighted by Crippen LogP contribution is -2.33. The maximum absolute atomic E-state index is 6.07. The summed E-state index contributed by atoms with van der Waals surface area (Å²) in [7, 11) is 0. The Hall–Kier alpha value is -0.280. The lowest BCUT2D eigenvalue weighted by molar-refractivity contribution is 0.0278. The first-order valence-corrected chi connectivity index (χ1v) is 5.31. The van der Waals surface area contributed by atoms with Gasteiger partial charge in [-0.1, -0.05) is 29.3 Å². The highest BCUT2D eigenvalue weighted by Crippen LogP contribution is 2.32. The zero-order valence-electron chi connectivity index (χ0n) is 7.59. The molecule has 1 saturated heterocycles. The Morgan fingerprint density at radius 3 is 2.57 bits per heavy atom. The average Bonchev–Trinajstić information content (AvgIpc) is 2.19. The molecule has 0 aromatic heterocycles. The van der Waals surface area contributed by atoms with Gasteiger partial charge in [0.1, 0.15) is 0 Å². The van der Waals surface area contributed by atoms with Crippen molar-refractivity contribution < 1.29 is 4.74 Å². The molecule has 4 heteroatoms. The minimum atomic E-state index is -0.0232. The molecule has 1 fully saturated rings. The monoisotopic (exact) mass is 231 g/mol. The largest absolute Gasteiger partial charge is 0.371 e. The van der Waals surface area contributed by atoms with Gasteiger partial charge < -0.3 is 10.1 Å². The zero-order chi connectivity index (χ0) is 9.97. The van der Waals surface area contributed by atoms with Crippen molar-refractivity contribution in [2.75, 3.05) is 19.7 Å². The number of hydrogen-bond acceptors (Lipinski definition) is 2. The Balaban J connectivity index is 2.29. The van der Waals surface area contributed by atoms with Crippen LogP contribution in [-0.4, -0.2) is 19.7 Å². The first kappa shape index (κ1) is 10.2. The predicted octanol–water partition coefficient (Wildman–Crippen LogP) is 2.65. The Labute approximate surface area is 93.2 Å². The molecule has 0 radical (unpaired) electrons. The van der Waals surface area contributed by atoms with Gasteiger partial charge in [0, 0.05) is 28.7 Å². The number of halogens is 2. The SMILES string of the molecule is Clc1cccc(Cl)c1C1CNCCO1. The molecule has 0 amide bonds. The topological polar surface area (TPSA) is 21.3 Å². The van der Waals surface area contributed by atoms with Crippen LogP contribution in [0, 0.1) is 0 Å².